The quantitative estimate of drug-likeness (QED) is 0.187. The third-order valence-corrected chi connectivity index (χ3v) is 9.35. The maximum Gasteiger partial charge on any atom is 0.164 e. The zero-order chi connectivity index (χ0) is 33.0. The topological polar surface area (TPSA) is 65.0 Å². The highest BCUT2D eigenvalue weighted by Crippen LogP contribution is 2.40. The van der Waals surface area contributed by atoms with Crippen molar-refractivity contribution in [2.75, 3.05) is 0 Å². The summed E-state index contributed by atoms with van der Waals surface area (Å²) >= 11 is 0. The molecule has 0 spiro atoms. The van der Waals surface area contributed by atoms with Gasteiger partial charge in [-0.1, -0.05) is 133 Å². The van der Waals surface area contributed by atoms with Crippen molar-refractivity contribution in [3.8, 4) is 56.4 Å². The molecule has 0 amide bonds. The second-order valence-electron chi connectivity index (χ2n) is 12.4. The molecular formula is C45H27N3O2. The molecule has 0 aliphatic rings. The first-order valence-electron chi connectivity index (χ1n) is 16.6. The van der Waals surface area contributed by atoms with E-state index in [1.165, 1.54) is 0 Å². The summed E-state index contributed by atoms with van der Waals surface area (Å²) in [6.07, 6.45) is 0. The summed E-state index contributed by atoms with van der Waals surface area (Å²) in [5.41, 5.74) is 10.3. The highest BCUT2D eigenvalue weighted by molar-refractivity contribution is 6.13. The molecule has 0 fully saturated rings. The molecule has 50 heavy (non-hydrogen) atoms. The number of hydrogen-bond acceptors (Lipinski definition) is 5. The summed E-state index contributed by atoms with van der Waals surface area (Å²) in [7, 11) is 0. The van der Waals surface area contributed by atoms with Crippen molar-refractivity contribution in [3.63, 3.8) is 0 Å². The normalized spacial score (nSPS) is 11.6. The van der Waals surface area contributed by atoms with Crippen molar-refractivity contribution < 1.29 is 8.83 Å². The lowest BCUT2D eigenvalue weighted by Gasteiger charge is -2.10. The van der Waals surface area contributed by atoms with Crippen molar-refractivity contribution >= 4 is 43.9 Å². The molecule has 234 valence electrons. The molecule has 10 rings (SSSR count). The van der Waals surface area contributed by atoms with Gasteiger partial charge in [0.15, 0.2) is 17.5 Å². The molecule has 0 aliphatic carbocycles. The van der Waals surface area contributed by atoms with E-state index >= 15 is 0 Å². The first-order chi connectivity index (χ1) is 24.8. The van der Waals surface area contributed by atoms with Gasteiger partial charge in [0, 0.05) is 43.8 Å². The van der Waals surface area contributed by atoms with Gasteiger partial charge >= 0.3 is 0 Å². The monoisotopic (exact) mass is 641 g/mol. The molecule has 5 nitrogen and oxygen atoms in total. The average molecular weight is 642 g/mol. The van der Waals surface area contributed by atoms with Gasteiger partial charge in [0.1, 0.15) is 22.3 Å². The molecule has 0 saturated carbocycles. The van der Waals surface area contributed by atoms with Crippen LogP contribution >= 0.6 is 0 Å². The Morgan fingerprint density at radius 3 is 1.78 bits per heavy atom. The molecule has 3 heterocycles. The number of benzene rings is 7. The number of fused-ring (bicyclic) bond motifs is 6. The van der Waals surface area contributed by atoms with E-state index in [4.69, 9.17) is 23.8 Å². The van der Waals surface area contributed by atoms with Crippen LogP contribution < -0.4 is 0 Å². The Morgan fingerprint density at radius 1 is 0.320 bits per heavy atom. The third-order valence-electron chi connectivity index (χ3n) is 9.35. The summed E-state index contributed by atoms with van der Waals surface area (Å²) in [6.45, 7) is 0. The van der Waals surface area contributed by atoms with Crippen molar-refractivity contribution in [1.29, 1.82) is 0 Å². The second kappa shape index (κ2) is 11.4. The van der Waals surface area contributed by atoms with Crippen molar-refractivity contribution in [3.05, 3.63) is 164 Å². The molecule has 0 radical (unpaired) electrons. The van der Waals surface area contributed by atoms with Crippen LogP contribution in [0, 0.1) is 0 Å². The van der Waals surface area contributed by atoms with Gasteiger partial charge in [-0.25, -0.2) is 15.0 Å². The lowest BCUT2D eigenvalue weighted by Crippen LogP contribution is -2.00. The Hall–Kier alpha value is -6.85. The first kappa shape index (κ1) is 28.2. The van der Waals surface area contributed by atoms with Crippen LogP contribution in [0.3, 0.4) is 0 Å². The molecular weight excluding hydrogens is 615 g/mol. The van der Waals surface area contributed by atoms with Crippen LogP contribution in [0.2, 0.25) is 0 Å². The fourth-order valence-corrected chi connectivity index (χ4v) is 6.97. The Kier molecular flexibility index (Phi) is 6.42. The first-order valence-corrected chi connectivity index (χ1v) is 16.6. The minimum absolute atomic E-state index is 0.581. The number of nitrogens with zero attached hydrogens (tertiary/aromatic N) is 3. The lowest BCUT2D eigenvalue weighted by atomic mass is 10.00. The molecule has 7 aromatic carbocycles. The fourth-order valence-electron chi connectivity index (χ4n) is 6.97. The van der Waals surface area contributed by atoms with E-state index in [1.807, 2.05) is 78.9 Å². The van der Waals surface area contributed by atoms with Crippen molar-refractivity contribution in [2.24, 2.45) is 0 Å². The maximum absolute atomic E-state index is 6.39. The molecule has 0 unspecified atom stereocenters. The van der Waals surface area contributed by atoms with Gasteiger partial charge < -0.3 is 8.83 Å². The third kappa shape index (κ3) is 4.67. The van der Waals surface area contributed by atoms with E-state index in [2.05, 4.69) is 84.9 Å². The molecule has 0 atom stereocenters. The minimum atomic E-state index is 0.581. The molecule has 10 aromatic rings. The number of aromatic nitrogens is 3. The molecule has 0 saturated heterocycles. The SMILES string of the molecule is c1ccc(-c2ccc3oc4cccc(-c5nc(-c6ccccc6)nc(-c6cccc(-c7cccc8c7oc7ccccc78)c6)n5)c4c3c2)cc1. The van der Waals surface area contributed by atoms with E-state index in [9.17, 15) is 0 Å². The second-order valence-corrected chi connectivity index (χ2v) is 12.4. The molecule has 0 bridgehead atoms. The standard InChI is InChI=1S/C45H27N3O2/c1-3-12-28(13-4-1)30-24-25-39-37(27-30)41-36(21-11-23-40(41)49-39)45-47-43(29-14-5-2-6-15-29)46-44(48-45)32-17-9-16-31(26-32)33-19-10-20-35-34-18-7-8-22-38(34)50-42(33)35/h1-27H. The zero-order valence-corrected chi connectivity index (χ0v) is 26.7. The predicted octanol–water partition coefficient (Wildman–Crippen LogP) is 12.0. The van der Waals surface area contributed by atoms with E-state index in [0.29, 0.717) is 17.5 Å². The Labute approximate surface area is 287 Å². The summed E-state index contributed by atoms with van der Waals surface area (Å²) < 4.78 is 12.8. The zero-order valence-electron chi connectivity index (χ0n) is 26.7. The smallest absolute Gasteiger partial charge is 0.164 e. The Morgan fingerprint density at radius 2 is 0.920 bits per heavy atom. The van der Waals surface area contributed by atoms with Gasteiger partial charge in [-0.3, -0.25) is 0 Å². The molecule has 5 heteroatoms. The van der Waals surface area contributed by atoms with Crippen LogP contribution in [-0.4, -0.2) is 15.0 Å². The van der Waals surface area contributed by atoms with E-state index < -0.39 is 0 Å². The summed E-state index contributed by atoms with van der Waals surface area (Å²) in [4.78, 5) is 15.3. The summed E-state index contributed by atoms with van der Waals surface area (Å²) in [5.74, 6) is 1.77. The molecule has 0 aliphatic heterocycles. The number of furan rings is 2. The number of rotatable bonds is 5. The van der Waals surface area contributed by atoms with Gasteiger partial charge in [-0.2, -0.15) is 0 Å². The molecule has 0 N–H and O–H groups in total. The van der Waals surface area contributed by atoms with Crippen LogP contribution in [-0.2, 0) is 0 Å². The van der Waals surface area contributed by atoms with Crippen LogP contribution in [0.5, 0.6) is 0 Å². The van der Waals surface area contributed by atoms with Crippen LogP contribution in [0.4, 0.5) is 0 Å². The number of para-hydroxylation sites is 2. The van der Waals surface area contributed by atoms with Gasteiger partial charge in [0.25, 0.3) is 0 Å². The molecule has 3 aromatic heterocycles. The van der Waals surface area contributed by atoms with Crippen LogP contribution in [0.1, 0.15) is 0 Å². The van der Waals surface area contributed by atoms with Crippen molar-refractivity contribution in [1.82, 2.24) is 15.0 Å². The van der Waals surface area contributed by atoms with Crippen LogP contribution in [0.25, 0.3) is 100 Å². The van der Waals surface area contributed by atoms with Crippen molar-refractivity contribution in [2.45, 2.75) is 0 Å². The van der Waals surface area contributed by atoms with E-state index in [1.54, 1.807) is 0 Å². The van der Waals surface area contributed by atoms with Gasteiger partial charge in [-0.15, -0.1) is 0 Å². The summed E-state index contributed by atoms with van der Waals surface area (Å²) in [5, 5.41) is 4.18. The fraction of sp³-hybridized carbons (Fsp3) is 0. The van der Waals surface area contributed by atoms with E-state index in [0.717, 1.165) is 82.8 Å². The van der Waals surface area contributed by atoms with Gasteiger partial charge in [-0.05, 0) is 47.0 Å². The highest BCUT2D eigenvalue weighted by Gasteiger charge is 2.19. The van der Waals surface area contributed by atoms with Crippen LogP contribution in [0.15, 0.2) is 173 Å². The average Bonchev–Trinajstić information content (AvgIpc) is 3.77. The van der Waals surface area contributed by atoms with Gasteiger partial charge in [0.2, 0.25) is 0 Å². The maximum atomic E-state index is 6.39. The summed E-state index contributed by atoms with van der Waals surface area (Å²) in [6, 6.07) is 55.7. The minimum Gasteiger partial charge on any atom is -0.456 e. The lowest BCUT2D eigenvalue weighted by molar-refractivity contribution is 0.669. The number of hydrogen-bond donors (Lipinski definition) is 0. The highest BCUT2D eigenvalue weighted by atomic mass is 16.3. The predicted molar refractivity (Wildman–Crippen MR) is 202 cm³/mol. The Balaban J connectivity index is 1.17. The van der Waals surface area contributed by atoms with Gasteiger partial charge in [0.05, 0.1) is 0 Å². The largest absolute Gasteiger partial charge is 0.456 e. The Bertz CT molecular complexity index is 2870. The van der Waals surface area contributed by atoms with E-state index in [-0.39, 0.29) is 0 Å².